The Morgan fingerprint density at radius 2 is 2.20 bits per heavy atom. The van der Waals surface area contributed by atoms with Gasteiger partial charge in [0.25, 0.3) is 5.56 Å². The molecular formula is C16H19N3O. The van der Waals surface area contributed by atoms with Crippen LogP contribution in [0.1, 0.15) is 30.4 Å². The maximum Gasteiger partial charge on any atom is 0.269 e. The van der Waals surface area contributed by atoms with E-state index in [-0.39, 0.29) is 5.56 Å². The number of hydrogen-bond acceptors (Lipinski definition) is 3. The van der Waals surface area contributed by atoms with Gasteiger partial charge in [0.1, 0.15) is 0 Å². The zero-order valence-electron chi connectivity index (χ0n) is 11.7. The van der Waals surface area contributed by atoms with Gasteiger partial charge in [0, 0.05) is 12.1 Å². The summed E-state index contributed by atoms with van der Waals surface area (Å²) in [6, 6.07) is 10.3. The smallest absolute Gasteiger partial charge is 0.269 e. The molecule has 0 aliphatic heterocycles. The molecule has 1 N–H and O–H groups in total. The van der Waals surface area contributed by atoms with Gasteiger partial charge in [-0.1, -0.05) is 29.8 Å². The summed E-state index contributed by atoms with van der Waals surface area (Å²) >= 11 is 0. The van der Waals surface area contributed by atoms with E-state index in [4.69, 9.17) is 0 Å². The first kappa shape index (κ1) is 12.9. The number of aryl methyl sites for hydroxylation is 1. The third-order valence-electron chi connectivity index (χ3n) is 3.76. The Balaban J connectivity index is 1.75. The van der Waals surface area contributed by atoms with Gasteiger partial charge in [-0.25, -0.2) is 4.68 Å². The van der Waals surface area contributed by atoms with Crippen molar-refractivity contribution in [1.29, 1.82) is 0 Å². The molecule has 1 fully saturated rings. The normalized spacial score (nSPS) is 14.8. The number of nitrogens with one attached hydrogen (secondary N) is 1. The number of anilines is 1. The lowest BCUT2D eigenvalue weighted by atomic mass is 9.93. The number of rotatable bonds is 4. The summed E-state index contributed by atoms with van der Waals surface area (Å²) in [4.78, 5) is 12.1. The molecule has 2 aromatic rings. The monoisotopic (exact) mass is 269 g/mol. The largest absolute Gasteiger partial charge is 0.381 e. The molecule has 4 heteroatoms. The zero-order chi connectivity index (χ0) is 13.9. The number of hydrogen-bond donors (Lipinski definition) is 1. The van der Waals surface area contributed by atoms with Crippen LogP contribution in [0.15, 0.2) is 41.3 Å². The van der Waals surface area contributed by atoms with Crippen molar-refractivity contribution in [3.05, 3.63) is 58.0 Å². The predicted molar refractivity (Wildman–Crippen MR) is 80.0 cm³/mol. The first-order valence-corrected chi connectivity index (χ1v) is 7.10. The van der Waals surface area contributed by atoms with Gasteiger partial charge in [-0.2, -0.15) is 5.10 Å². The van der Waals surface area contributed by atoms with Gasteiger partial charge in [0.15, 0.2) is 0 Å². The zero-order valence-corrected chi connectivity index (χ0v) is 11.7. The molecule has 1 saturated carbocycles. The standard InChI is InChI=1S/C16H19N3O/c1-12-4-2-5-13(8-12)11-19-16(20)9-15(10-17-19)18-14-6-3-7-14/h2,4-5,8-10,14,18H,3,6-7,11H2,1H3. The van der Waals surface area contributed by atoms with Crippen molar-refractivity contribution in [1.82, 2.24) is 9.78 Å². The highest BCUT2D eigenvalue weighted by atomic mass is 16.1. The molecule has 1 heterocycles. The van der Waals surface area contributed by atoms with E-state index >= 15 is 0 Å². The van der Waals surface area contributed by atoms with Crippen molar-refractivity contribution in [3.8, 4) is 0 Å². The molecular weight excluding hydrogens is 250 g/mol. The van der Waals surface area contributed by atoms with Crippen molar-refractivity contribution < 1.29 is 0 Å². The third kappa shape index (κ3) is 2.90. The number of aromatic nitrogens is 2. The Morgan fingerprint density at radius 1 is 1.35 bits per heavy atom. The third-order valence-corrected chi connectivity index (χ3v) is 3.76. The quantitative estimate of drug-likeness (QED) is 0.928. The maximum atomic E-state index is 12.1. The topological polar surface area (TPSA) is 46.9 Å². The van der Waals surface area contributed by atoms with Crippen LogP contribution >= 0.6 is 0 Å². The fourth-order valence-corrected chi connectivity index (χ4v) is 2.40. The first-order chi connectivity index (χ1) is 9.70. The van der Waals surface area contributed by atoms with Crippen LogP contribution in [0, 0.1) is 6.92 Å². The van der Waals surface area contributed by atoms with E-state index in [0.717, 1.165) is 11.3 Å². The molecule has 0 spiro atoms. The minimum Gasteiger partial charge on any atom is -0.381 e. The molecule has 1 aromatic heterocycles. The van der Waals surface area contributed by atoms with Crippen LogP contribution in [-0.4, -0.2) is 15.8 Å². The van der Waals surface area contributed by atoms with Crippen molar-refractivity contribution in [2.75, 3.05) is 5.32 Å². The predicted octanol–water partition coefficient (Wildman–Crippen LogP) is 2.56. The highest BCUT2D eigenvalue weighted by molar-refractivity contribution is 5.40. The van der Waals surface area contributed by atoms with Crippen LogP contribution in [-0.2, 0) is 6.54 Å². The highest BCUT2D eigenvalue weighted by Crippen LogP contribution is 2.22. The van der Waals surface area contributed by atoms with Gasteiger partial charge < -0.3 is 5.32 Å². The van der Waals surface area contributed by atoms with E-state index in [1.165, 1.54) is 29.5 Å². The van der Waals surface area contributed by atoms with Gasteiger partial charge in [0.05, 0.1) is 18.4 Å². The Hall–Kier alpha value is -2.10. The Kier molecular flexibility index (Phi) is 3.54. The van der Waals surface area contributed by atoms with Crippen molar-refractivity contribution in [2.24, 2.45) is 0 Å². The van der Waals surface area contributed by atoms with E-state index in [1.807, 2.05) is 25.1 Å². The molecule has 1 aliphatic rings. The highest BCUT2D eigenvalue weighted by Gasteiger charge is 2.17. The summed E-state index contributed by atoms with van der Waals surface area (Å²) in [5, 5.41) is 7.60. The lowest BCUT2D eigenvalue weighted by Gasteiger charge is -2.27. The molecule has 3 rings (SSSR count). The minimum absolute atomic E-state index is 0.0594. The summed E-state index contributed by atoms with van der Waals surface area (Å²) in [7, 11) is 0. The fourth-order valence-electron chi connectivity index (χ4n) is 2.40. The number of benzene rings is 1. The van der Waals surface area contributed by atoms with E-state index in [1.54, 1.807) is 12.3 Å². The molecule has 0 amide bonds. The van der Waals surface area contributed by atoms with Crippen LogP contribution in [0.4, 0.5) is 5.69 Å². The molecule has 0 atom stereocenters. The molecule has 0 bridgehead atoms. The van der Waals surface area contributed by atoms with Gasteiger partial charge in [0.2, 0.25) is 0 Å². The van der Waals surface area contributed by atoms with Crippen molar-refractivity contribution in [3.63, 3.8) is 0 Å². The van der Waals surface area contributed by atoms with Crippen molar-refractivity contribution in [2.45, 2.75) is 38.8 Å². The SMILES string of the molecule is Cc1cccc(Cn2ncc(NC3CCC3)cc2=O)c1. The molecule has 4 nitrogen and oxygen atoms in total. The molecule has 1 aliphatic carbocycles. The summed E-state index contributed by atoms with van der Waals surface area (Å²) in [5.41, 5.74) is 3.06. The van der Waals surface area contributed by atoms with E-state index in [0.29, 0.717) is 12.6 Å². The molecule has 0 saturated heterocycles. The molecule has 1 aromatic carbocycles. The molecule has 0 unspecified atom stereocenters. The second-order valence-corrected chi connectivity index (χ2v) is 5.50. The van der Waals surface area contributed by atoms with Crippen LogP contribution < -0.4 is 10.9 Å². The van der Waals surface area contributed by atoms with Gasteiger partial charge >= 0.3 is 0 Å². The number of nitrogens with zero attached hydrogens (tertiary/aromatic N) is 2. The summed E-state index contributed by atoms with van der Waals surface area (Å²) in [5.74, 6) is 0. The summed E-state index contributed by atoms with van der Waals surface area (Å²) in [6.07, 6.45) is 5.39. The van der Waals surface area contributed by atoms with E-state index < -0.39 is 0 Å². The van der Waals surface area contributed by atoms with Gasteiger partial charge in [-0.05, 0) is 31.7 Å². The Bertz CT molecular complexity index is 659. The second-order valence-electron chi connectivity index (χ2n) is 5.50. The molecule has 0 radical (unpaired) electrons. The van der Waals surface area contributed by atoms with Gasteiger partial charge in [-0.3, -0.25) is 4.79 Å². The van der Waals surface area contributed by atoms with Crippen LogP contribution in [0.3, 0.4) is 0 Å². The summed E-state index contributed by atoms with van der Waals surface area (Å²) in [6.45, 7) is 2.57. The Morgan fingerprint density at radius 3 is 2.85 bits per heavy atom. The van der Waals surface area contributed by atoms with Crippen LogP contribution in [0.2, 0.25) is 0 Å². The van der Waals surface area contributed by atoms with E-state index in [9.17, 15) is 4.79 Å². The first-order valence-electron chi connectivity index (χ1n) is 7.10. The lowest BCUT2D eigenvalue weighted by Crippen LogP contribution is -2.29. The maximum absolute atomic E-state index is 12.1. The van der Waals surface area contributed by atoms with E-state index in [2.05, 4.69) is 16.5 Å². The van der Waals surface area contributed by atoms with Crippen LogP contribution in [0.5, 0.6) is 0 Å². The average molecular weight is 269 g/mol. The summed E-state index contributed by atoms with van der Waals surface area (Å²) < 4.78 is 1.50. The van der Waals surface area contributed by atoms with Gasteiger partial charge in [-0.15, -0.1) is 0 Å². The fraction of sp³-hybridized carbons (Fsp3) is 0.375. The second kappa shape index (κ2) is 5.49. The average Bonchev–Trinajstić information content (AvgIpc) is 2.37. The van der Waals surface area contributed by atoms with Crippen LogP contribution in [0.25, 0.3) is 0 Å². The molecule has 20 heavy (non-hydrogen) atoms. The lowest BCUT2D eigenvalue weighted by molar-refractivity contribution is 0.445. The Labute approximate surface area is 118 Å². The molecule has 104 valence electrons. The van der Waals surface area contributed by atoms with Crippen molar-refractivity contribution >= 4 is 5.69 Å². The minimum atomic E-state index is -0.0594.